The van der Waals surface area contributed by atoms with Gasteiger partial charge in [0.2, 0.25) is 5.91 Å². The average molecular weight is 420 g/mol. The third kappa shape index (κ3) is 20.3. The van der Waals surface area contributed by atoms with Crippen molar-refractivity contribution in [3.63, 3.8) is 0 Å². The van der Waals surface area contributed by atoms with Crippen LogP contribution in [0, 0.1) is 16.7 Å². The molecule has 0 bridgehead atoms. The van der Waals surface area contributed by atoms with Gasteiger partial charge in [0.05, 0.1) is 59.5 Å². The Morgan fingerprint density at radius 1 is 0.724 bits per heavy atom. The molecule has 0 rings (SSSR count). The predicted octanol–water partition coefficient (Wildman–Crippen LogP) is 2.91. The molecule has 0 aromatic heterocycles. The number of rotatable bonds is 17. The van der Waals surface area contributed by atoms with Crippen LogP contribution in [-0.2, 0) is 28.5 Å². The third-order valence-electron chi connectivity index (χ3n) is 4.34. The van der Waals surface area contributed by atoms with Gasteiger partial charge in [-0.1, -0.05) is 48.5 Å². The topological polar surface area (TPSA) is 75.3 Å². The van der Waals surface area contributed by atoms with E-state index < -0.39 is 0 Å². The fraction of sp³-hybridized carbons (Fsp3) is 0.955. The first-order valence-electron chi connectivity index (χ1n) is 10.7. The molecular weight excluding hydrogens is 374 g/mol. The molecule has 0 radical (unpaired) electrons. The normalized spacial score (nSPS) is 13.5. The lowest BCUT2D eigenvalue weighted by atomic mass is 9.82. The molecule has 0 aromatic carbocycles. The van der Waals surface area contributed by atoms with Crippen molar-refractivity contribution in [3.05, 3.63) is 0 Å². The zero-order chi connectivity index (χ0) is 22.2. The minimum absolute atomic E-state index is 0.0630. The Labute approximate surface area is 178 Å². The van der Waals surface area contributed by atoms with Gasteiger partial charge in [-0.05, 0) is 16.7 Å². The van der Waals surface area contributed by atoms with Gasteiger partial charge < -0.3 is 29.0 Å². The zero-order valence-corrected chi connectivity index (χ0v) is 19.8. The van der Waals surface area contributed by atoms with Gasteiger partial charge in [0.1, 0.15) is 6.61 Å². The van der Waals surface area contributed by atoms with E-state index in [2.05, 4.69) is 53.8 Å². The van der Waals surface area contributed by atoms with E-state index in [4.69, 9.17) is 23.7 Å². The summed E-state index contributed by atoms with van der Waals surface area (Å²) in [5, 5.41) is 2.90. The molecule has 0 aromatic rings. The summed E-state index contributed by atoms with van der Waals surface area (Å²) in [6.07, 6.45) is 0. The van der Waals surface area contributed by atoms with Crippen LogP contribution in [0.5, 0.6) is 0 Å². The number of hydrogen-bond acceptors (Lipinski definition) is 6. The highest BCUT2D eigenvalue weighted by Crippen LogP contribution is 2.24. The van der Waals surface area contributed by atoms with Crippen molar-refractivity contribution in [3.8, 4) is 0 Å². The highest BCUT2D eigenvalue weighted by atomic mass is 16.6. The summed E-state index contributed by atoms with van der Waals surface area (Å²) in [6, 6.07) is 0. The van der Waals surface area contributed by atoms with E-state index in [1.165, 1.54) is 0 Å². The molecule has 0 aliphatic carbocycles. The third-order valence-corrected chi connectivity index (χ3v) is 4.34. The van der Waals surface area contributed by atoms with Crippen molar-refractivity contribution in [2.45, 2.75) is 48.5 Å². The monoisotopic (exact) mass is 419 g/mol. The summed E-state index contributed by atoms with van der Waals surface area (Å²) in [6.45, 7) is 20.6. The van der Waals surface area contributed by atoms with Crippen LogP contribution in [0.15, 0.2) is 0 Å². The van der Waals surface area contributed by atoms with Crippen LogP contribution in [-0.4, -0.2) is 78.5 Å². The Balaban J connectivity index is 3.29. The minimum atomic E-state index is -0.0896. The molecule has 0 saturated carbocycles. The smallest absolute Gasteiger partial charge is 0.246 e. The van der Waals surface area contributed by atoms with Gasteiger partial charge in [-0.2, -0.15) is 0 Å². The van der Waals surface area contributed by atoms with Crippen LogP contribution in [0.25, 0.3) is 0 Å². The van der Waals surface area contributed by atoms with Gasteiger partial charge in [0, 0.05) is 6.54 Å². The van der Waals surface area contributed by atoms with Gasteiger partial charge in [-0.3, -0.25) is 4.79 Å². The number of amides is 1. The Bertz CT molecular complexity index is 403. The van der Waals surface area contributed by atoms with Crippen LogP contribution in [0.3, 0.4) is 0 Å². The summed E-state index contributed by atoms with van der Waals surface area (Å²) in [5.74, 6) is 0.315. The second-order valence-electron chi connectivity index (χ2n) is 9.57. The highest BCUT2D eigenvalue weighted by Gasteiger charge is 2.20. The summed E-state index contributed by atoms with van der Waals surface area (Å²) in [4.78, 5) is 11.7. The van der Waals surface area contributed by atoms with Gasteiger partial charge in [0.15, 0.2) is 0 Å². The van der Waals surface area contributed by atoms with Crippen molar-refractivity contribution in [1.82, 2.24) is 5.32 Å². The quantitative estimate of drug-likeness (QED) is 0.365. The van der Waals surface area contributed by atoms with Crippen LogP contribution >= 0.6 is 0 Å². The molecule has 1 atom stereocenters. The summed E-state index contributed by atoms with van der Waals surface area (Å²) >= 11 is 0. The molecule has 1 amide bonds. The standard InChI is InChI=1S/C22H45NO6/c1-19(22(5,6)7)16-23-20(24)17-28-14-12-26-10-8-25-9-11-27-13-15-29-18-21(2,3)4/h19H,8-18H2,1-7H3,(H,23,24)/t19-/m1/s1. The van der Waals surface area contributed by atoms with Crippen molar-refractivity contribution >= 4 is 5.91 Å². The molecule has 1 N–H and O–H groups in total. The highest BCUT2D eigenvalue weighted by molar-refractivity contribution is 5.77. The van der Waals surface area contributed by atoms with Gasteiger partial charge >= 0.3 is 0 Å². The van der Waals surface area contributed by atoms with Crippen LogP contribution in [0.4, 0.5) is 0 Å². The van der Waals surface area contributed by atoms with Crippen molar-refractivity contribution in [2.75, 3.05) is 72.6 Å². The van der Waals surface area contributed by atoms with Crippen LogP contribution in [0.1, 0.15) is 48.5 Å². The summed E-state index contributed by atoms with van der Waals surface area (Å²) < 4.78 is 27.1. The lowest BCUT2D eigenvalue weighted by Crippen LogP contribution is -2.35. The zero-order valence-electron chi connectivity index (χ0n) is 19.8. The van der Waals surface area contributed by atoms with Crippen LogP contribution < -0.4 is 5.32 Å². The Kier molecular flexibility index (Phi) is 15.6. The first kappa shape index (κ1) is 28.3. The van der Waals surface area contributed by atoms with Crippen LogP contribution in [0.2, 0.25) is 0 Å². The molecule has 0 unspecified atom stereocenters. The number of carbonyl (C=O) groups excluding carboxylic acids is 1. The molecule has 7 nitrogen and oxygen atoms in total. The SMILES string of the molecule is C[C@H](CNC(=O)COCCOCCOCCOCCOCC(C)(C)C)C(C)(C)C. The molecule has 0 heterocycles. The molecule has 0 saturated heterocycles. The first-order valence-corrected chi connectivity index (χ1v) is 10.7. The van der Waals surface area contributed by atoms with E-state index in [1.807, 2.05) is 0 Å². The molecule has 0 aliphatic rings. The number of carbonyl (C=O) groups is 1. The molecule has 174 valence electrons. The summed E-state index contributed by atoms with van der Waals surface area (Å²) in [7, 11) is 0. The molecule has 29 heavy (non-hydrogen) atoms. The van der Waals surface area contributed by atoms with Crippen molar-refractivity contribution < 1.29 is 28.5 Å². The molecule has 7 heteroatoms. The molecular formula is C22H45NO6. The second-order valence-corrected chi connectivity index (χ2v) is 9.57. The second kappa shape index (κ2) is 16.0. The maximum Gasteiger partial charge on any atom is 0.246 e. The van der Waals surface area contributed by atoms with E-state index in [0.29, 0.717) is 65.3 Å². The van der Waals surface area contributed by atoms with E-state index in [9.17, 15) is 4.79 Å². The fourth-order valence-electron chi connectivity index (χ4n) is 1.94. The van der Waals surface area contributed by atoms with Gasteiger partial charge in [0.25, 0.3) is 0 Å². The Hall–Kier alpha value is -0.730. The Morgan fingerprint density at radius 3 is 1.55 bits per heavy atom. The largest absolute Gasteiger partial charge is 0.379 e. The first-order chi connectivity index (χ1) is 13.5. The molecule has 0 spiro atoms. The molecule has 0 fully saturated rings. The van der Waals surface area contributed by atoms with E-state index in [0.717, 1.165) is 6.61 Å². The van der Waals surface area contributed by atoms with Gasteiger partial charge in [-0.15, -0.1) is 0 Å². The minimum Gasteiger partial charge on any atom is -0.379 e. The number of ether oxygens (including phenoxy) is 5. The van der Waals surface area contributed by atoms with E-state index >= 15 is 0 Å². The lowest BCUT2D eigenvalue weighted by molar-refractivity contribution is -0.126. The Morgan fingerprint density at radius 2 is 1.14 bits per heavy atom. The average Bonchev–Trinajstić information content (AvgIpc) is 2.61. The summed E-state index contributed by atoms with van der Waals surface area (Å²) in [5.41, 5.74) is 0.363. The maximum absolute atomic E-state index is 11.7. The molecule has 0 aliphatic heterocycles. The fourth-order valence-corrected chi connectivity index (χ4v) is 1.94. The maximum atomic E-state index is 11.7. The predicted molar refractivity (Wildman–Crippen MR) is 115 cm³/mol. The lowest BCUT2D eigenvalue weighted by Gasteiger charge is -2.27. The van der Waals surface area contributed by atoms with Gasteiger partial charge in [-0.25, -0.2) is 0 Å². The number of nitrogens with one attached hydrogen (secondary N) is 1. The van der Waals surface area contributed by atoms with E-state index in [1.54, 1.807) is 0 Å². The van der Waals surface area contributed by atoms with Crippen molar-refractivity contribution in [2.24, 2.45) is 16.7 Å². The number of hydrogen-bond donors (Lipinski definition) is 1. The van der Waals surface area contributed by atoms with Crippen molar-refractivity contribution in [1.29, 1.82) is 0 Å². The van der Waals surface area contributed by atoms with E-state index in [-0.39, 0.29) is 23.3 Å².